The third kappa shape index (κ3) is 4.83. The Bertz CT molecular complexity index is 971. The molecule has 7 nitrogen and oxygen atoms in total. The van der Waals surface area contributed by atoms with Gasteiger partial charge < -0.3 is 4.74 Å². The number of thioether (sulfide) groups is 1. The summed E-state index contributed by atoms with van der Waals surface area (Å²) in [6, 6.07) is 13.2. The van der Waals surface area contributed by atoms with Gasteiger partial charge in [0.2, 0.25) is 0 Å². The number of nitrogens with zero attached hydrogens (tertiary/aromatic N) is 2. The van der Waals surface area contributed by atoms with Crippen LogP contribution in [-0.2, 0) is 11.3 Å². The van der Waals surface area contributed by atoms with Gasteiger partial charge in [-0.05, 0) is 42.8 Å². The third-order valence-electron chi connectivity index (χ3n) is 4.47. The van der Waals surface area contributed by atoms with Crippen molar-refractivity contribution in [1.82, 2.24) is 4.90 Å². The van der Waals surface area contributed by atoms with Crippen molar-refractivity contribution in [3.8, 4) is 5.75 Å². The van der Waals surface area contributed by atoms with Crippen molar-refractivity contribution in [3.63, 3.8) is 0 Å². The van der Waals surface area contributed by atoms with Crippen molar-refractivity contribution in [2.24, 2.45) is 0 Å². The van der Waals surface area contributed by atoms with E-state index in [9.17, 15) is 19.7 Å². The van der Waals surface area contributed by atoms with E-state index < -0.39 is 10.8 Å². The standard InChI is InChI=1S/C21H20N2O5S/c1-3-14(2)28-18-7-5-4-6-16(18)12-19-20(24)22(21(25)29-19)13-15-8-10-17(11-9-15)23(26)27/h4-12,14H,3,13H2,1-2H3/b19-12-. The molecule has 3 rings (SSSR count). The molecule has 0 spiro atoms. The van der Waals surface area contributed by atoms with Crippen LogP contribution in [-0.4, -0.2) is 27.1 Å². The minimum Gasteiger partial charge on any atom is -0.490 e. The molecule has 1 atom stereocenters. The van der Waals surface area contributed by atoms with Gasteiger partial charge in [-0.1, -0.05) is 37.3 Å². The Morgan fingerprint density at radius 2 is 1.86 bits per heavy atom. The van der Waals surface area contributed by atoms with Gasteiger partial charge in [-0.25, -0.2) is 0 Å². The highest BCUT2D eigenvalue weighted by atomic mass is 32.2. The van der Waals surface area contributed by atoms with E-state index in [0.29, 0.717) is 16.2 Å². The quantitative estimate of drug-likeness (QED) is 0.361. The number of imide groups is 1. The number of para-hydroxylation sites is 1. The SMILES string of the molecule is CCC(C)Oc1ccccc1/C=C1\SC(=O)N(Cc2ccc([N+](=O)[O-])cc2)C1=O. The molecular weight excluding hydrogens is 392 g/mol. The molecule has 1 aliphatic rings. The van der Waals surface area contributed by atoms with Crippen LogP contribution >= 0.6 is 11.8 Å². The summed E-state index contributed by atoms with van der Waals surface area (Å²) in [6.07, 6.45) is 2.54. The maximum absolute atomic E-state index is 12.8. The average Bonchev–Trinajstić information content (AvgIpc) is 2.97. The monoisotopic (exact) mass is 412 g/mol. The fourth-order valence-electron chi connectivity index (χ4n) is 2.69. The second-order valence-electron chi connectivity index (χ2n) is 6.57. The molecule has 150 valence electrons. The molecule has 1 unspecified atom stereocenters. The second-order valence-corrected chi connectivity index (χ2v) is 7.56. The zero-order chi connectivity index (χ0) is 21.0. The maximum Gasteiger partial charge on any atom is 0.293 e. The van der Waals surface area contributed by atoms with Crippen molar-refractivity contribution in [2.45, 2.75) is 32.9 Å². The lowest BCUT2D eigenvalue weighted by Crippen LogP contribution is -2.27. The van der Waals surface area contributed by atoms with Gasteiger partial charge in [-0.3, -0.25) is 24.6 Å². The highest BCUT2D eigenvalue weighted by molar-refractivity contribution is 8.18. The molecule has 0 bridgehead atoms. The van der Waals surface area contributed by atoms with E-state index in [4.69, 9.17) is 4.74 Å². The Hall–Kier alpha value is -3.13. The maximum atomic E-state index is 12.8. The molecule has 1 aliphatic heterocycles. The van der Waals surface area contributed by atoms with Crippen molar-refractivity contribution < 1.29 is 19.2 Å². The summed E-state index contributed by atoms with van der Waals surface area (Å²) < 4.78 is 5.90. The summed E-state index contributed by atoms with van der Waals surface area (Å²) in [5.74, 6) is 0.265. The van der Waals surface area contributed by atoms with Gasteiger partial charge in [-0.15, -0.1) is 0 Å². The smallest absolute Gasteiger partial charge is 0.293 e. The molecule has 29 heavy (non-hydrogen) atoms. The van der Waals surface area contributed by atoms with Crippen LogP contribution in [0.5, 0.6) is 5.75 Å². The van der Waals surface area contributed by atoms with Crippen molar-refractivity contribution in [3.05, 3.63) is 74.7 Å². The predicted octanol–water partition coefficient (Wildman–Crippen LogP) is 5.01. The predicted molar refractivity (Wildman–Crippen MR) is 111 cm³/mol. The van der Waals surface area contributed by atoms with E-state index in [0.717, 1.165) is 28.6 Å². The molecule has 1 heterocycles. The zero-order valence-corrected chi connectivity index (χ0v) is 16.8. The Morgan fingerprint density at radius 1 is 1.17 bits per heavy atom. The van der Waals surface area contributed by atoms with Crippen LogP contribution in [0.15, 0.2) is 53.4 Å². The minimum absolute atomic E-state index is 0.0294. The number of carbonyl (C=O) groups is 2. The first-order chi connectivity index (χ1) is 13.9. The molecule has 2 aromatic carbocycles. The number of benzene rings is 2. The lowest BCUT2D eigenvalue weighted by atomic mass is 10.1. The molecule has 2 aromatic rings. The van der Waals surface area contributed by atoms with Gasteiger partial charge in [0.15, 0.2) is 0 Å². The number of carbonyl (C=O) groups excluding carboxylic acids is 2. The molecule has 0 aliphatic carbocycles. The van der Waals surface area contributed by atoms with Crippen molar-refractivity contribution >= 4 is 34.7 Å². The van der Waals surface area contributed by atoms with Crippen LogP contribution in [0, 0.1) is 10.1 Å². The molecule has 8 heteroatoms. The summed E-state index contributed by atoms with van der Waals surface area (Å²) in [7, 11) is 0. The Balaban J connectivity index is 1.79. The number of hydrogen-bond acceptors (Lipinski definition) is 6. The fourth-order valence-corrected chi connectivity index (χ4v) is 3.52. The van der Waals surface area contributed by atoms with Gasteiger partial charge in [0.05, 0.1) is 22.5 Å². The normalized spacial score (nSPS) is 16.3. The largest absolute Gasteiger partial charge is 0.490 e. The summed E-state index contributed by atoms with van der Waals surface area (Å²) in [6.45, 7) is 4.05. The van der Waals surface area contributed by atoms with Gasteiger partial charge in [-0.2, -0.15) is 0 Å². The van der Waals surface area contributed by atoms with E-state index in [1.165, 1.54) is 12.1 Å². The van der Waals surface area contributed by atoms with Crippen molar-refractivity contribution in [2.75, 3.05) is 0 Å². The fraction of sp³-hybridized carbons (Fsp3) is 0.238. The summed E-state index contributed by atoms with van der Waals surface area (Å²) in [5.41, 5.74) is 1.33. The first-order valence-electron chi connectivity index (χ1n) is 9.13. The van der Waals surface area contributed by atoms with E-state index in [-0.39, 0.29) is 23.6 Å². The van der Waals surface area contributed by atoms with Crippen molar-refractivity contribution in [1.29, 1.82) is 0 Å². The molecule has 0 aromatic heterocycles. The lowest BCUT2D eigenvalue weighted by molar-refractivity contribution is -0.384. The van der Waals surface area contributed by atoms with Crippen LogP contribution in [0.3, 0.4) is 0 Å². The Labute approximate surface area is 172 Å². The van der Waals surface area contributed by atoms with Crippen LogP contribution < -0.4 is 4.74 Å². The molecule has 0 radical (unpaired) electrons. The van der Waals surface area contributed by atoms with E-state index in [1.807, 2.05) is 38.1 Å². The van der Waals surface area contributed by atoms with Crippen LogP contribution in [0.1, 0.15) is 31.4 Å². The summed E-state index contributed by atoms with van der Waals surface area (Å²) in [4.78, 5) is 36.8. The highest BCUT2D eigenvalue weighted by Crippen LogP contribution is 2.35. The number of rotatable bonds is 7. The molecule has 0 N–H and O–H groups in total. The first kappa shape index (κ1) is 20.6. The molecular formula is C21H20N2O5S. The first-order valence-corrected chi connectivity index (χ1v) is 9.95. The molecule has 0 saturated carbocycles. The minimum atomic E-state index is -0.494. The number of ether oxygens (including phenoxy) is 1. The molecule has 1 saturated heterocycles. The summed E-state index contributed by atoms with van der Waals surface area (Å²) in [5, 5.41) is 10.4. The number of nitro groups is 1. The Morgan fingerprint density at radius 3 is 2.52 bits per heavy atom. The zero-order valence-electron chi connectivity index (χ0n) is 16.0. The average molecular weight is 412 g/mol. The molecule has 1 fully saturated rings. The number of hydrogen-bond donors (Lipinski definition) is 0. The van der Waals surface area contributed by atoms with E-state index >= 15 is 0 Å². The number of nitro benzene ring substituents is 1. The number of amides is 2. The Kier molecular flexibility index (Phi) is 6.33. The number of non-ortho nitro benzene ring substituents is 1. The van der Waals surface area contributed by atoms with Crippen LogP contribution in [0.25, 0.3) is 6.08 Å². The van der Waals surface area contributed by atoms with Gasteiger partial charge in [0.1, 0.15) is 5.75 Å². The van der Waals surface area contributed by atoms with Gasteiger partial charge in [0.25, 0.3) is 16.8 Å². The lowest BCUT2D eigenvalue weighted by Gasteiger charge is -2.15. The van der Waals surface area contributed by atoms with E-state index in [2.05, 4.69) is 0 Å². The van der Waals surface area contributed by atoms with Crippen LogP contribution in [0.2, 0.25) is 0 Å². The van der Waals surface area contributed by atoms with Gasteiger partial charge in [0, 0.05) is 17.7 Å². The molecule has 2 amide bonds. The highest BCUT2D eigenvalue weighted by Gasteiger charge is 2.35. The van der Waals surface area contributed by atoms with Crippen LogP contribution in [0.4, 0.5) is 10.5 Å². The topological polar surface area (TPSA) is 89.8 Å². The second kappa shape index (κ2) is 8.91. The van der Waals surface area contributed by atoms with Gasteiger partial charge >= 0.3 is 0 Å². The third-order valence-corrected chi connectivity index (χ3v) is 5.38. The summed E-state index contributed by atoms with van der Waals surface area (Å²) >= 11 is 0.872. The van der Waals surface area contributed by atoms with E-state index in [1.54, 1.807) is 18.2 Å².